The maximum Gasteiger partial charge on any atom is 0.148 e. The van der Waals surface area contributed by atoms with Crippen LogP contribution in [0.15, 0.2) is 24.5 Å². The Labute approximate surface area is 95.1 Å². The minimum absolute atomic E-state index is 0.385. The van der Waals surface area contributed by atoms with Crippen molar-refractivity contribution in [2.24, 2.45) is 7.05 Å². The van der Waals surface area contributed by atoms with Gasteiger partial charge in [-0.15, -0.1) is 0 Å². The molecule has 0 aliphatic rings. The number of hydrogen-bond acceptors (Lipinski definition) is 3. The summed E-state index contributed by atoms with van der Waals surface area (Å²) in [6.07, 6.45) is 3.75. The molecule has 0 aliphatic heterocycles. The topological polar surface area (TPSA) is 47.7 Å². The summed E-state index contributed by atoms with van der Waals surface area (Å²) in [4.78, 5) is 0. The Morgan fingerprint density at radius 2 is 2.19 bits per heavy atom. The molecular weight excluding hydrogens is 202 g/mol. The molecule has 2 aromatic heterocycles. The van der Waals surface area contributed by atoms with Crippen molar-refractivity contribution in [1.29, 1.82) is 0 Å². The van der Waals surface area contributed by atoms with E-state index in [1.807, 2.05) is 36.3 Å². The molecule has 2 rings (SSSR count). The molecule has 16 heavy (non-hydrogen) atoms. The van der Waals surface area contributed by atoms with E-state index in [2.05, 4.69) is 29.4 Å². The number of hydrogen-bond donors (Lipinski definition) is 1. The Balaban J connectivity index is 2.02. The normalized spacial score (nSPS) is 11.0. The van der Waals surface area contributed by atoms with E-state index in [9.17, 15) is 0 Å². The van der Waals surface area contributed by atoms with E-state index in [0.29, 0.717) is 6.04 Å². The summed E-state index contributed by atoms with van der Waals surface area (Å²) in [6.45, 7) is 4.99. The van der Waals surface area contributed by atoms with Gasteiger partial charge in [0, 0.05) is 31.5 Å². The highest BCUT2D eigenvalue weighted by atomic mass is 15.3. The van der Waals surface area contributed by atoms with E-state index >= 15 is 0 Å². The summed E-state index contributed by atoms with van der Waals surface area (Å²) < 4.78 is 3.79. The molecule has 86 valence electrons. The molecule has 0 atom stereocenters. The summed E-state index contributed by atoms with van der Waals surface area (Å²) in [5, 5.41) is 11.8. The lowest BCUT2D eigenvalue weighted by Crippen LogP contribution is -2.11. The molecule has 0 radical (unpaired) electrons. The Hall–Kier alpha value is -1.78. The van der Waals surface area contributed by atoms with E-state index in [1.54, 1.807) is 4.68 Å². The third-order valence-electron chi connectivity index (χ3n) is 2.41. The van der Waals surface area contributed by atoms with Gasteiger partial charge in [-0.2, -0.15) is 10.2 Å². The van der Waals surface area contributed by atoms with Crippen molar-refractivity contribution in [3.63, 3.8) is 0 Å². The number of nitrogens with one attached hydrogen (secondary N) is 1. The zero-order chi connectivity index (χ0) is 11.5. The third-order valence-corrected chi connectivity index (χ3v) is 2.41. The lowest BCUT2D eigenvalue weighted by Gasteiger charge is -2.11. The molecule has 0 fully saturated rings. The predicted molar refractivity (Wildman–Crippen MR) is 63.1 cm³/mol. The first-order valence-electron chi connectivity index (χ1n) is 5.42. The average Bonchev–Trinajstić information content (AvgIpc) is 2.83. The molecule has 0 spiro atoms. The van der Waals surface area contributed by atoms with Crippen molar-refractivity contribution in [1.82, 2.24) is 19.6 Å². The van der Waals surface area contributed by atoms with Crippen LogP contribution >= 0.6 is 0 Å². The Morgan fingerprint density at radius 1 is 1.38 bits per heavy atom. The van der Waals surface area contributed by atoms with Gasteiger partial charge in [0.25, 0.3) is 0 Å². The van der Waals surface area contributed by atoms with Crippen molar-refractivity contribution in [2.45, 2.75) is 26.4 Å². The van der Waals surface area contributed by atoms with Gasteiger partial charge in [-0.05, 0) is 19.9 Å². The van der Waals surface area contributed by atoms with E-state index in [1.165, 1.54) is 5.69 Å². The SMILES string of the molecule is CC(C)n1nccc1CNc1ccn(C)n1. The van der Waals surface area contributed by atoms with Crippen LogP contribution in [0.4, 0.5) is 5.82 Å². The molecule has 1 N–H and O–H groups in total. The lowest BCUT2D eigenvalue weighted by atomic mass is 10.3. The smallest absolute Gasteiger partial charge is 0.148 e. The molecule has 0 amide bonds. The first kappa shape index (κ1) is 10.7. The van der Waals surface area contributed by atoms with Crippen LogP contribution in [0.2, 0.25) is 0 Å². The summed E-state index contributed by atoms with van der Waals surface area (Å²) in [5.74, 6) is 0.888. The largest absolute Gasteiger partial charge is 0.363 e. The van der Waals surface area contributed by atoms with Gasteiger partial charge in [0.15, 0.2) is 0 Å². The summed E-state index contributed by atoms with van der Waals surface area (Å²) in [5.41, 5.74) is 1.17. The lowest BCUT2D eigenvalue weighted by molar-refractivity contribution is 0.512. The molecule has 5 nitrogen and oxygen atoms in total. The van der Waals surface area contributed by atoms with Crippen molar-refractivity contribution >= 4 is 5.82 Å². The molecule has 0 aromatic carbocycles. The second-order valence-corrected chi connectivity index (χ2v) is 4.09. The number of rotatable bonds is 4. The fourth-order valence-electron chi connectivity index (χ4n) is 1.64. The van der Waals surface area contributed by atoms with Crippen LogP contribution in [0.25, 0.3) is 0 Å². The molecule has 0 aliphatic carbocycles. The van der Waals surface area contributed by atoms with Gasteiger partial charge in [0.1, 0.15) is 5.82 Å². The molecule has 2 heterocycles. The van der Waals surface area contributed by atoms with Crippen LogP contribution in [0.1, 0.15) is 25.6 Å². The standard InChI is InChI=1S/C11H17N5/c1-9(2)16-10(4-6-13-16)8-12-11-5-7-15(3)14-11/h4-7,9H,8H2,1-3H3,(H,12,14). The highest BCUT2D eigenvalue weighted by molar-refractivity contribution is 5.32. The number of aryl methyl sites for hydroxylation is 1. The van der Waals surface area contributed by atoms with Gasteiger partial charge in [0.2, 0.25) is 0 Å². The highest BCUT2D eigenvalue weighted by Gasteiger charge is 2.05. The summed E-state index contributed by atoms with van der Waals surface area (Å²) in [6, 6.07) is 4.36. The Bertz CT molecular complexity index is 454. The number of nitrogens with zero attached hydrogens (tertiary/aromatic N) is 4. The summed E-state index contributed by atoms with van der Waals surface area (Å²) >= 11 is 0. The monoisotopic (exact) mass is 219 g/mol. The van der Waals surface area contributed by atoms with Gasteiger partial charge in [-0.25, -0.2) is 0 Å². The van der Waals surface area contributed by atoms with Crippen molar-refractivity contribution in [3.05, 3.63) is 30.2 Å². The second-order valence-electron chi connectivity index (χ2n) is 4.09. The van der Waals surface area contributed by atoms with E-state index < -0.39 is 0 Å². The maximum absolute atomic E-state index is 4.28. The first-order chi connectivity index (χ1) is 7.66. The van der Waals surface area contributed by atoms with Gasteiger partial charge in [-0.1, -0.05) is 0 Å². The maximum atomic E-state index is 4.28. The van der Waals surface area contributed by atoms with E-state index in [4.69, 9.17) is 0 Å². The second kappa shape index (κ2) is 4.38. The Morgan fingerprint density at radius 3 is 2.81 bits per heavy atom. The van der Waals surface area contributed by atoms with E-state index in [-0.39, 0.29) is 0 Å². The molecular formula is C11H17N5. The first-order valence-corrected chi connectivity index (χ1v) is 5.42. The van der Waals surface area contributed by atoms with Crippen molar-refractivity contribution in [2.75, 3.05) is 5.32 Å². The van der Waals surface area contributed by atoms with Gasteiger partial charge >= 0.3 is 0 Å². The Kier molecular flexibility index (Phi) is 2.94. The fraction of sp³-hybridized carbons (Fsp3) is 0.455. The van der Waals surface area contributed by atoms with Crippen LogP contribution in [0.5, 0.6) is 0 Å². The van der Waals surface area contributed by atoms with Gasteiger partial charge in [-0.3, -0.25) is 9.36 Å². The minimum atomic E-state index is 0.385. The molecule has 0 saturated heterocycles. The van der Waals surface area contributed by atoms with Crippen LogP contribution in [-0.2, 0) is 13.6 Å². The van der Waals surface area contributed by atoms with Crippen LogP contribution < -0.4 is 5.32 Å². The number of aromatic nitrogens is 4. The van der Waals surface area contributed by atoms with E-state index in [0.717, 1.165) is 12.4 Å². The minimum Gasteiger partial charge on any atom is -0.363 e. The molecule has 0 bridgehead atoms. The van der Waals surface area contributed by atoms with Gasteiger partial charge in [0.05, 0.1) is 12.2 Å². The molecule has 0 saturated carbocycles. The molecule has 0 unspecified atom stereocenters. The molecule has 5 heteroatoms. The third kappa shape index (κ3) is 2.24. The quantitative estimate of drug-likeness (QED) is 0.853. The van der Waals surface area contributed by atoms with Crippen LogP contribution in [-0.4, -0.2) is 19.6 Å². The van der Waals surface area contributed by atoms with Gasteiger partial charge < -0.3 is 5.32 Å². The predicted octanol–water partition coefficient (Wildman–Crippen LogP) is 1.81. The highest BCUT2D eigenvalue weighted by Crippen LogP contribution is 2.10. The summed E-state index contributed by atoms with van der Waals surface area (Å²) in [7, 11) is 1.91. The van der Waals surface area contributed by atoms with Crippen LogP contribution in [0, 0.1) is 0 Å². The fourth-order valence-corrected chi connectivity index (χ4v) is 1.64. The molecule has 2 aromatic rings. The van der Waals surface area contributed by atoms with Crippen molar-refractivity contribution in [3.8, 4) is 0 Å². The zero-order valence-corrected chi connectivity index (χ0v) is 9.88. The van der Waals surface area contributed by atoms with Crippen LogP contribution in [0.3, 0.4) is 0 Å². The van der Waals surface area contributed by atoms with Crippen molar-refractivity contribution < 1.29 is 0 Å². The number of anilines is 1. The zero-order valence-electron chi connectivity index (χ0n) is 9.88. The average molecular weight is 219 g/mol.